The van der Waals surface area contributed by atoms with Crippen LogP contribution in [0.5, 0.6) is 0 Å². The topological polar surface area (TPSA) is 55.6 Å². The molecule has 0 radical (unpaired) electrons. The maximum atomic E-state index is 4.42. The molecule has 1 N–H and O–H groups in total. The maximum absolute atomic E-state index is 4.42. The zero-order valence-corrected chi connectivity index (χ0v) is 12.1. The predicted octanol–water partition coefficient (Wildman–Crippen LogP) is 2.55. The van der Waals surface area contributed by atoms with Crippen LogP contribution in [-0.4, -0.2) is 26.3 Å². The smallest absolute Gasteiger partial charge is 0.130 e. The van der Waals surface area contributed by atoms with Gasteiger partial charge in [-0.05, 0) is 42.3 Å². The van der Waals surface area contributed by atoms with E-state index in [0.717, 1.165) is 35.6 Å². The lowest BCUT2D eigenvalue weighted by Crippen LogP contribution is -2.09. The summed E-state index contributed by atoms with van der Waals surface area (Å²) in [5.74, 6) is 0.838. The van der Waals surface area contributed by atoms with Crippen LogP contribution in [0.2, 0.25) is 0 Å². The van der Waals surface area contributed by atoms with E-state index in [1.54, 1.807) is 0 Å². The normalized spacial score (nSPS) is 10.6. The molecule has 96 valence electrons. The minimum Gasteiger partial charge on any atom is -0.370 e. The predicted molar refractivity (Wildman–Crippen MR) is 74.5 cm³/mol. The summed E-state index contributed by atoms with van der Waals surface area (Å²) >= 11 is 3.31. The van der Waals surface area contributed by atoms with Gasteiger partial charge in [-0.1, -0.05) is 0 Å². The van der Waals surface area contributed by atoms with E-state index in [1.807, 2.05) is 17.7 Å². The van der Waals surface area contributed by atoms with Crippen molar-refractivity contribution in [3.05, 3.63) is 34.5 Å². The van der Waals surface area contributed by atoms with Crippen LogP contribution in [0.25, 0.3) is 0 Å². The van der Waals surface area contributed by atoms with Crippen molar-refractivity contribution in [2.24, 2.45) is 0 Å². The van der Waals surface area contributed by atoms with Crippen molar-refractivity contribution in [3.8, 4) is 0 Å². The SMILES string of the molecule is Cc1cc(C)n(CCCNc2cc(Br)ncn2)n1. The molecule has 0 aliphatic carbocycles. The van der Waals surface area contributed by atoms with E-state index in [2.05, 4.69) is 49.3 Å². The fraction of sp³-hybridized carbons (Fsp3) is 0.417. The Kier molecular flexibility index (Phi) is 4.30. The largest absolute Gasteiger partial charge is 0.370 e. The molecule has 0 saturated heterocycles. The monoisotopic (exact) mass is 309 g/mol. The van der Waals surface area contributed by atoms with Gasteiger partial charge in [0.1, 0.15) is 16.7 Å². The van der Waals surface area contributed by atoms with Crippen molar-refractivity contribution in [2.45, 2.75) is 26.8 Å². The summed E-state index contributed by atoms with van der Waals surface area (Å²) in [5, 5.41) is 7.68. The zero-order valence-electron chi connectivity index (χ0n) is 10.5. The van der Waals surface area contributed by atoms with Crippen molar-refractivity contribution in [2.75, 3.05) is 11.9 Å². The van der Waals surface area contributed by atoms with E-state index in [-0.39, 0.29) is 0 Å². The van der Waals surface area contributed by atoms with Gasteiger partial charge in [-0.15, -0.1) is 0 Å². The Morgan fingerprint density at radius 2 is 2.11 bits per heavy atom. The van der Waals surface area contributed by atoms with Crippen molar-refractivity contribution in [3.63, 3.8) is 0 Å². The van der Waals surface area contributed by atoms with E-state index < -0.39 is 0 Å². The number of aryl methyl sites for hydroxylation is 3. The number of halogens is 1. The molecule has 0 spiro atoms. The quantitative estimate of drug-likeness (QED) is 0.681. The minimum absolute atomic E-state index is 0.790. The molecule has 5 nitrogen and oxygen atoms in total. The fourth-order valence-electron chi connectivity index (χ4n) is 1.78. The Balaban J connectivity index is 1.78. The molecule has 18 heavy (non-hydrogen) atoms. The number of hydrogen-bond acceptors (Lipinski definition) is 4. The third-order valence-corrected chi connectivity index (χ3v) is 3.02. The number of nitrogens with one attached hydrogen (secondary N) is 1. The summed E-state index contributed by atoms with van der Waals surface area (Å²) in [7, 11) is 0. The first kappa shape index (κ1) is 13.0. The molecule has 2 rings (SSSR count). The lowest BCUT2D eigenvalue weighted by molar-refractivity contribution is 0.573. The average Bonchev–Trinajstić information content (AvgIpc) is 2.64. The second kappa shape index (κ2) is 5.95. The lowest BCUT2D eigenvalue weighted by atomic mass is 10.4. The van der Waals surface area contributed by atoms with Crippen LogP contribution in [-0.2, 0) is 6.54 Å². The third kappa shape index (κ3) is 3.53. The molecule has 0 aromatic carbocycles. The Labute approximate surface area is 115 Å². The van der Waals surface area contributed by atoms with Crippen LogP contribution in [0.15, 0.2) is 23.1 Å². The Hall–Kier alpha value is -1.43. The van der Waals surface area contributed by atoms with Crippen molar-refractivity contribution in [1.82, 2.24) is 19.7 Å². The molecule has 6 heteroatoms. The molecule has 0 unspecified atom stereocenters. The van der Waals surface area contributed by atoms with Gasteiger partial charge in [0.05, 0.1) is 5.69 Å². The number of hydrogen-bond donors (Lipinski definition) is 1. The first-order chi connectivity index (χ1) is 8.65. The van der Waals surface area contributed by atoms with E-state index >= 15 is 0 Å². The molecule has 2 aromatic heterocycles. The first-order valence-corrected chi connectivity index (χ1v) is 6.67. The molecule has 0 aliphatic rings. The third-order valence-electron chi connectivity index (χ3n) is 2.59. The Morgan fingerprint density at radius 3 is 2.78 bits per heavy atom. The summed E-state index contributed by atoms with van der Waals surface area (Å²) in [4.78, 5) is 8.11. The Morgan fingerprint density at radius 1 is 1.28 bits per heavy atom. The summed E-state index contributed by atoms with van der Waals surface area (Å²) in [6, 6.07) is 3.96. The van der Waals surface area contributed by atoms with Crippen LogP contribution in [0, 0.1) is 13.8 Å². The average molecular weight is 310 g/mol. The van der Waals surface area contributed by atoms with Crippen molar-refractivity contribution in [1.29, 1.82) is 0 Å². The molecule has 0 atom stereocenters. The van der Waals surface area contributed by atoms with Crippen molar-refractivity contribution < 1.29 is 0 Å². The number of nitrogens with zero attached hydrogens (tertiary/aromatic N) is 4. The zero-order chi connectivity index (χ0) is 13.0. The molecule has 0 amide bonds. The second-order valence-corrected chi connectivity index (χ2v) is 4.97. The van der Waals surface area contributed by atoms with E-state index in [0.29, 0.717) is 0 Å². The van der Waals surface area contributed by atoms with Crippen LogP contribution >= 0.6 is 15.9 Å². The molecule has 0 fully saturated rings. The van der Waals surface area contributed by atoms with Gasteiger partial charge >= 0.3 is 0 Å². The van der Waals surface area contributed by atoms with Gasteiger partial charge in [-0.2, -0.15) is 5.10 Å². The first-order valence-electron chi connectivity index (χ1n) is 5.87. The number of rotatable bonds is 5. The second-order valence-electron chi connectivity index (χ2n) is 4.16. The Bertz CT molecular complexity index is 523. The summed E-state index contributed by atoms with van der Waals surface area (Å²) < 4.78 is 2.82. The fourth-order valence-corrected chi connectivity index (χ4v) is 2.09. The van der Waals surface area contributed by atoms with Crippen LogP contribution in [0.1, 0.15) is 17.8 Å². The van der Waals surface area contributed by atoms with Gasteiger partial charge < -0.3 is 5.32 Å². The number of aromatic nitrogens is 4. The van der Waals surface area contributed by atoms with E-state index in [4.69, 9.17) is 0 Å². The highest BCUT2D eigenvalue weighted by Crippen LogP contribution is 2.09. The molecule has 0 bridgehead atoms. The summed E-state index contributed by atoms with van der Waals surface area (Å²) in [6.45, 7) is 5.87. The minimum atomic E-state index is 0.790. The van der Waals surface area contributed by atoms with Crippen molar-refractivity contribution >= 4 is 21.7 Å². The van der Waals surface area contributed by atoms with E-state index in [9.17, 15) is 0 Å². The molecule has 0 saturated carbocycles. The van der Waals surface area contributed by atoms with Gasteiger partial charge in [0, 0.05) is 24.8 Å². The van der Waals surface area contributed by atoms with Crippen LogP contribution in [0.4, 0.5) is 5.82 Å². The summed E-state index contributed by atoms with van der Waals surface area (Å²) in [5.41, 5.74) is 2.28. The number of anilines is 1. The molecule has 0 aliphatic heterocycles. The maximum Gasteiger partial charge on any atom is 0.130 e. The van der Waals surface area contributed by atoms with E-state index in [1.165, 1.54) is 12.0 Å². The molecule has 2 aromatic rings. The summed E-state index contributed by atoms with van der Waals surface area (Å²) in [6.07, 6.45) is 2.54. The van der Waals surface area contributed by atoms with Gasteiger partial charge in [0.2, 0.25) is 0 Å². The highest BCUT2D eigenvalue weighted by molar-refractivity contribution is 9.10. The highest BCUT2D eigenvalue weighted by Gasteiger charge is 2.00. The van der Waals surface area contributed by atoms with Gasteiger partial charge in [-0.25, -0.2) is 9.97 Å². The molecular weight excluding hydrogens is 294 g/mol. The van der Waals surface area contributed by atoms with Gasteiger partial charge in [0.25, 0.3) is 0 Å². The standard InChI is InChI=1S/C12H16BrN5/c1-9-6-10(2)18(17-9)5-3-4-14-12-7-11(13)15-8-16-12/h6-8H,3-5H2,1-2H3,(H,14,15,16). The van der Waals surface area contributed by atoms with Gasteiger partial charge in [0.15, 0.2) is 0 Å². The highest BCUT2D eigenvalue weighted by atomic mass is 79.9. The molecular formula is C12H16BrN5. The lowest BCUT2D eigenvalue weighted by Gasteiger charge is -2.06. The molecule has 2 heterocycles. The van der Waals surface area contributed by atoms with Gasteiger partial charge in [-0.3, -0.25) is 4.68 Å². The van der Waals surface area contributed by atoms with Crippen LogP contribution in [0.3, 0.4) is 0 Å². The van der Waals surface area contributed by atoms with Crippen LogP contribution < -0.4 is 5.32 Å².